The van der Waals surface area contributed by atoms with Gasteiger partial charge in [0.05, 0.1) is 18.9 Å². The Balaban J connectivity index is 1.71. The molecular formula is C18H22N2O3S. The normalized spacial score (nSPS) is 17.3. The number of carbonyl (C=O) groups excluding carboxylic acids is 1. The number of hydrogen-bond donors (Lipinski definition) is 0. The van der Waals surface area contributed by atoms with Gasteiger partial charge in [0.1, 0.15) is 5.69 Å². The van der Waals surface area contributed by atoms with Crippen molar-refractivity contribution in [2.75, 3.05) is 20.3 Å². The first-order valence-electron chi connectivity index (χ1n) is 8.14. The van der Waals surface area contributed by atoms with Crippen molar-refractivity contribution in [1.82, 2.24) is 9.88 Å². The van der Waals surface area contributed by atoms with Crippen LogP contribution in [0.2, 0.25) is 0 Å². The van der Waals surface area contributed by atoms with Gasteiger partial charge in [-0.25, -0.2) is 9.78 Å². The van der Waals surface area contributed by atoms with E-state index in [1.54, 1.807) is 17.4 Å². The smallest absolute Gasteiger partial charge is 0.356 e. The minimum atomic E-state index is -0.402. The number of thiophene rings is 1. The molecule has 3 rings (SSSR count). The quantitative estimate of drug-likeness (QED) is 0.721. The Morgan fingerprint density at radius 3 is 3.04 bits per heavy atom. The molecule has 1 aliphatic heterocycles. The molecule has 0 aromatic carbocycles. The van der Waals surface area contributed by atoms with Gasteiger partial charge in [-0.15, -0.1) is 0 Å². The topological polar surface area (TPSA) is 51.7 Å². The number of rotatable bonds is 7. The van der Waals surface area contributed by atoms with Gasteiger partial charge in [-0.1, -0.05) is 6.07 Å². The number of ether oxygens (including phenoxy) is 2. The Labute approximate surface area is 146 Å². The average molecular weight is 346 g/mol. The fourth-order valence-corrected chi connectivity index (χ4v) is 3.58. The van der Waals surface area contributed by atoms with Gasteiger partial charge in [-0.3, -0.25) is 4.90 Å². The predicted molar refractivity (Wildman–Crippen MR) is 93.0 cm³/mol. The van der Waals surface area contributed by atoms with E-state index >= 15 is 0 Å². The second-order valence-electron chi connectivity index (χ2n) is 5.94. The van der Waals surface area contributed by atoms with Crippen molar-refractivity contribution in [2.24, 2.45) is 0 Å². The van der Waals surface area contributed by atoms with Gasteiger partial charge in [-0.05, 0) is 47.4 Å². The van der Waals surface area contributed by atoms with Crippen LogP contribution < -0.4 is 0 Å². The van der Waals surface area contributed by atoms with Crippen molar-refractivity contribution in [1.29, 1.82) is 0 Å². The fraction of sp³-hybridized carbons (Fsp3) is 0.444. The lowest BCUT2D eigenvalue weighted by molar-refractivity contribution is 0.0590. The van der Waals surface area contributed by atoms with E-state index < -0.39 is 5.97 Å². The highest BCUT2D eigenvalue weighted by molar-refractivity contribution is 7.07. The lowest BCUT2D eigenvalue weighted by Crippen LogP contribution is -2.31. The van der Waals surface area contributed by atoms with Crippen molar-refractivity contribution >= 4 is 17.3 Å². The highest BCUT2D eigenvalue weighted by Gasteiger charge is 2.20. The third-order valence-electron chi connectivity index (χ3n) is 4.06. The third-order valence-corrected chi connectivity index (χ3v) is 4.79. The van der Waals surface area contributed by atoms with Crippen LogP contribution in [0.4, 0.5) is 0 Å². The van der Waals surface area contributed by atoms with Gasteiger partial charge >= 0.3 is 5.97 Å². The molecule has 2 aromatic heterocycles. The van der Waals surface area contributed by atoms with Crippen molar-refractivity contribution in [2.45, 2.75) is 32.0 Å². The monoisotopic (exact) mass is 346 g/mol. The van der Waals surface area contributed by atoms with Gasteiger partial charge in [0.25, 0.3) is 0 Å². The van der Waals surface area contributed by atoms with Crippen LogP contribution in [0.1, 0.15) is 34.6 Å². The summed E-state index contributed by atoms with van der Waals surface area (Å²) in [5.74, 6) is -0.402. The Morgan fingerprint density at radius 1 is 1.42 bits per heavy atom. The zero-order chi connectivity index (χ0) is 16.8. The van der Waals surface area contributed by atoms with Crippen molar-refractivity contribution in [3.8, 4) is 0 Å². The molecule has 1 aliphatic rings. The number of nitrogens with zero attached hydrogens (tertiary/aromatic N) is 2. The van der Waals surface area contributed by atoms with Crippen molar-refractivity contribution in [3.63, 3.8) is 0 Å². The number of pyridine rings is 1. The number of methoxy groups -OCH3 is 1. The van der Waals surface area contributed by atoms with E-state index in [1.807, 2.05) is 12.1 Å². The molecule has 0 bridgehead atoms. The van der Waals surface area contributed by atoms with E-state index in [1.165, 1.54) is 12.7 Å². The molecule has 0 saturated carbocycles. The van der Waals surface area contributed by atoms with E-state index in [0.29, 0.717) is 12.2 Å². The van der Waals surface area contributed by atoms with Gasteiger partial charge in [0.2, 0.25) is 0 Å². The summed E-state index contributed by atoms with van der Waals surface area (Å²) in [7, 11) is 1.37. The zero-order valence-corrected chi connectivity index (χ0v) is 14.6. The maximum absolute atomic E-state index is 11.7. The molecule has 0 N–H and O–H groups in total. The maximum atomic E-state index is 11.7. The fourth-order valence-electron chi connectivity index (χ4n) is 2.92. The minimum absolute atomic E-state index is 0.285. The van der Waals surface area contributed by atoms with E-state index in [4.69, 9.17) is 9.47 Å². The molecule has 0 unspecified atom stereocenters. The van der Waals surface area contributed by atoms with Crippen LogP contribution in [0.25, 0.3) is 0 Å². The molecule has 6 heteroatoms. The number of carbonyl (C=O) groups is 1. The van der Waals surface area contributed by atoms with Crippen LogP contribution >= 0.6 is 11.3 Å². The molecule has 3 heterocycles. The largest absolute Gasteiger partial charge is 0.464 e. The Bertz CT molecular complexity index is 654. The van der Waals surface area contributed by atoms with Crippen LogP contribution in [0.5, 0.6) is 0 Å². The van der Waals surface area contributed by atoms with Crippen LogP contribution in [-0.4, -0.2) is 42.2 Å². The minimum Gasteiger partial charge on any atom is -0.464 e. The molecule has 128 valence electrons. The number of aromatic nitrogens is 1. The molecule has 2 aromatic rings. The highest BCUT2D eigenvalue weighted by atomic mass is 32.1. The highest BCUT2D eigenvalue weighted by Crippen LogP contribution is 2.18. The summed E-state index contributed by atoms with van der Waals surface area (Å²) in [6.45, 7) is 3.26. The van der Waals surface area contributed by atoms with E-state index in [-0.39, 0.29) is 6.10 Å². The maximum Gasteiger partial charge on any atom is 0.356 e. The van der Waals surface area contributed by atoms with E-state index in [9.17, 15) is 4.79 Å². The van der Waals surface area contributed by atoms with Crippen molar-refractivity contribution in [3.05, 3.63) is 52.0 Å². The first-order valence-corrected chi connectivity index (χ1v) is 9.08. The lowest BCUT2D eigenvalue weighted by atomic mass is 10.2. The van der Waals surface area contributed by atoms with Gasteiger partial charge in [0.15, 0.2) is 0 Å². The molecule has 1 atom stereocenters. The number of hydrogen-bond acceptors (Lipinski definition) is 6. The van der Waals surface area contributed by atoms with Gasteiger partial charge in [-0.2, -0.15) is 11.3 Å². The first-order chi connectivity index (χ1) is 11.7. The molecule has 24 heavy (non-hydrogen) atoms. The summed E-state index contributed by atoms with van der Waals surface area (Å²) in [5, 5.41) is 4.26. The standard InChI is InChI=1S/C18H22N2O3S/c1-22-18(21)17-6-2-4-15(19-17)11-20(10-14-7-9-24-13-14)12-16-5-3-8-23-16/h2,4,6-7,9,13,16H,3,5,8,10-12H2,1H3/t16-/m0/s1. The first kappa shape index (κ1) is 17.1. The summed E-state index contributed by atoms with van der Waals surface area (Å²) in [6, 6.07) is 7.62. The molecule has 0 spiro atoms. The average Bonchev–Trinajstić information content (AvgIpc) is 3.28. The second-order valence-corrected chi connectivity index (χ2v) is 6.72. The summed E-state index contributed by atoms with van der Waals surface area (Å²) < 4.78 is 10.5. The second kappa shape index (κ2) is 8.37. The van der Waals surface area contributed by atoms with Crippen LogP contribution in [-0.2, 0) is 22.6 Å². The molecular weight excluding hydrogens is 324 g/mol. The van der Waals surface area contributed by atoms with E-state index in [2.05, 4.69) is 26.7 Å². The van der Waals surface area contributed by atoms with E-state index in [0.717, 1.165) is 38.2 Å². The zero-order valence-electron chi connectivity index (χ0n) is 13.8. The Hall–Kier alpha value is -1.76. The third kappa shape index (κ3) is 4.63. The molecule has 0 aliphatic carbocycles. The van der Waals surface area contributed by atoms with Gasteiger partial charge in [0, 0.05) is 26.2 Å². The predicted octanol–water partition coefficient (Wildman–Crippen LogP) is 3.11. The van der Waals surface area contributed by atoms with Crippen LogP contribution in [0, 0.1) is 0 Å². The summed E-state index contributed by atoms with van der Waals surface area (Å²) >= 11 is 1.71. The molecule has 0 amide bonds. The summed E-state index contributed by atoms with van der Waals surface area (Å²) in [5.41, 5.74) is 2.51. The molecule has 5 nitrogen and oxygen atoms in total. The van der Waals surface area contributed by atoms with Crippen LogP contribution in [0.15, 0.2) is 35.0 Å². The molecule has 0 radical (unpaired) electrons. The summed E-state index contributed by atoms with van der Waals surface area (Å²) in [6.07, 6.45) is 2.52. The Kier molecular flexibility index (Phi) is 5.96. The number of esters is 1. The lowest BCUT2D eigenvalue weighted by Gasteiger charge is -2.24. The molecule has 1 saturated heterocycles. The van der Waals surface area contributed by atoms with Crippen LogP contribution in [0.3, 0.4) is 0 Å². The Morgan fingerprint density at radius 2 is 2.33 bits per heavy atom. The SMILES string of the molecule is COC(=O)c1cccc(CN(Cc2ccsc2)C[C@@H]2CCCO2)n1. The van der Waals surface area contributed by atoms with Crippen molar-refractivity contribution < 1.29 is 14.3 Å². The van der Waals surface area contributed by atoms with Gasteiger partial charge < -0.3 is 9.47 Å². The summed E-state index contributed by atoms with van der Waals surface area (Å²) in [4.78, 5) is 18.4. The molecule has 1 fully saturated rings.